The van der Waals surface area contributed by atoms with E-state index in [9.17, 15) is 9.90 Å². The molecule has 6 heteroatoms. The molecule has 2 rings (SSSR count). The molecule has 0 aliphatic carbocycles. The zero-order chi connectivity index (χ0) is 14.6. The lowest BCUT2D eigenvalue weighted by molar-refractivity contribution is 0.0600. The van der Waals surface area contributed by atoms with Crippen LogP contribution in [0.5, 0.6) is 0 Å². The quantitative estimate of drug-likeness (QED) is 0.637. The van der Waals surface area contributed by atoms with Crippen molar-refractivity contribution in [1.29, 1.82) is 0 Å². The van der Waals surface area contributed by atoms with Crippen LogP contribution < -0.4 is 10.2 Å². The van der Waals surface area contributed by atoms with Crippen molar-refractivity contribution in [2.45, 2.75) is 5.54 Å². The van der Waals surface area contributed by atoms with Crippen molar-refractivity contribution >= 4 is 23.3 Å². The minimum absolute atomic E-state index is 0.0255. The second kappa shape index (κ2) is 6.43. The molecule has 0 radical (unpaired) electrons. The Labute approximate surface area is 123 Å². The first-order valence-electron chi connectivity index (χ1n) is 6.50. The van der Waals surface area contributed by atoms with Crippen molar-refractivity contribution in [2.75, 3.05) is 44.1 Å². The lowest BCUT2D eigenvalue weighted by Gasteiger charge is -2.47. The lowest BCUT2D eigenvalue weighted by atomic mass is 9.97. The van der Waals surface area contributed by atoms with Crippen molar-refractivity contribution in [3.05, 3.63) is 29.8 Å². The zero-order valence-electron chi connectivity index (χ0n) is 11.4. The second-order valence-electron chi connectivity index (χ2n) is 4.88. The average Bonchev–Trinajstić information content (AvgIpc) is 2.54. The molecule has 1 unspecified atom stereocenters. The minimum Gasteiger partial charge on any atom is -0.465 e. The number of aliphatic hydroxyl groups is 1. The molecule has 0 aromatic heterocycles. The summed E-state index contributed by atoms with van der Waals surface area (Å²) in [5, 5.41) is 13.0. The fourth-order valence-corrected chi connectivity index (χ4v) is 2.77. The van der Waals surface area contributed by atoms with Gasteiger partial charge in [0.15, 0.2) is 0 Å². The van der Waals surface area contributed by atoms with Crippen molar-refractivity contribution in [1.82, 2.24) is 5.32 Å². The fraction of sp³-hybridized carbons (Fsp3) is 0.500. The highest BCUT2D eigenvalue weighted by Crippen LogP contribution is 2.27. The van der Waals surface area contributed by atoms with Crippen LogP contribution in [0.3, 0.4) is 0 Å². The summed E-state index contributed by atoms with van der Waals surface area (Å²) >= 11 is 6.07. The number of esters is 1. The summed E-state index contributed by atoms with van der Waals surface area (Å²) in [6.07, 6.45) is 0. The van der Waals surface area contributed by atoms with Gasteiger partial charge < -0.3 is 20.1 Å². The molecule has 0 bridgehead atoms. The number of halogens is 1. The normalized spacial score (nSPS) is 22.6. The number of piperazine rings is 1. The molecule has 110 valence electrons. The highest BCUT2D eigenvalue weighted by atomic mass is 35.5. The van der Waals surface area contributed by atoms with Crippen molar-refractivity contribution in [2.24, 2.45) is 0 Å². The molecule has 2 N–H and O–H groups in total. The first kappa shape index (κ1) is 15.1. The Morgan fingerprint density at radius 3 is 2.75 bits per heavy atom. The second-order valence-corrected chi connectivity index (χ2v) is 5.15. The molecule has 20 heavy (non-hydrogen) atoms. The number of hydrogen-bond acceptors (Lipinski definition) is 5. The summed E-state index contributed by atoms with van der Waals surface area (Å²) < 4.78 is 4.68. The van der Waals surface area contributed by atoms with Crippen LogP contribution in [0, 0.1) is 0 Å². The number of alkyl halides is 1. The molecule has 1 heterocycles. The van der Waals surface area contributed by atoms with Crippen LogP contribution in [0.1, 0.15) is 10.4 Å². The maximum atomic E-state index is 11.4. The summed E-state index contributed by atoms with van der Waals surface area (Å²) in [6.45, 7) is 2.19. The summed E-state index contributed by atoms with van der Waals surface area (Å²) in [4.78, 5) is 13.5. The molecule has 1 aliphatic rings. The van der Waals surface area contributed by atoms with Gasteiger partial charge in [-0.05, 0) is 24.3 Å². The van der Waals surface area contributed by atoms with Gasteiger partial charge in [-0.15, -0.1) is 11.6 Å². The monoisotopic (exact) mass is 298 g/mol. The Morgan fingerprint density at radius 1 is 1.50 bits per heavy atom. The molecule has 0 amide bonds. The highest BCUT2D eigenvalue weighted by molar-refractivity contribution is 6.19. The minimum atomic E-state index is -0.507. The number of carbonyl (C=O) groups excluding carboxylic acids is 1. The topological polar surface area (TPSA) is 61.8 Å². The van der Waals surface area contributed by atoms with Crippen LogP contribution in [0.2, 0.25) is 0 Å². The van der Waals surface area contributed by atoms with Crippen LogP contribution in [-0.2, 0) is 4.74 Å². The highest BCUT2D eigenvalue weighted by Gasteiger charge is 2.37. The van der Waals surface area contributed by atoms with Crippen LogP contribution in [0.15, 0.2) is 24.3 Å². The first-order valence-corrected chi connectivity index (χ1v) is 7.04. The number of ether oxygens (including phenoxy) is 1. The summed E-state index contributed by atoms with van der Waals surface area (Å²) in [7, 11) is 1.36. The van der Waals surface area contributed by atoms with Gasteiger partial charge in [0.05, 0.1) is 24.8 Å². The van der Waals surface area contributed by atoms with E-state index in [1.165, 1.54) is 7.11 Å². The van der Waals surface area contributed by atoms with E-state index >= 15 is 0 Å². The Kier molecular flexibility index (Phi) is 4.86. The van der Waals surface area contributed by atoms with Gasteiger partial charge in [-0.2, -0.15) is 0 Å². The van der Waals surface area contributed by atoms with Gasteiger partial charge in [-0.25, -0.2) is 4.79 Å². The van der Waals surface area contributed by atoms with E-state index in [0.29, 0.717) is 18.0 Å². The predicted octanol–water partition coefficient (Wildman–Crippen LogP) is 0.853. The third kappa shape index (κ3) is 2.75. The molecule has 0 spiro atoms. The molecule has 1 aromatic rings. The number of rotatable bonds is 4. The van der Waals surface area contributed by atoms with Crippen molar-refractivity contribution < 1.29 is 14.6 Å². The molecule has 1 aliphatic heterocycles. The fourth-order valence-electron chi connectivity index (χ4n) is 2.45. The van der Waals surface area contributed by atoms with Crippen LogP contribution in [-0.4, -0.2) is 55.8 Å². The third-order valence-electron chi connectivity index (χ3n) is 3.68. The Morgan fingerprint density at radius 2 is 2.20 bits per heavy atom. The van der Waals surface area contributed by atoms with E-state index in [4.69, 9.17) is 11.6 Å². The van der Waals surface area contributed by atoms with Gasteiger partial charge in [0, 0.05) is 31.2 Å². The molecule has 5 nitrogen and oxygen atoms in total. The predicted molar refractivity (Wildman–Crippen MR) is 78.5 cm³/mol. The third-order valence-corrected chi connectivity index (χ3v) is 4.18. The van der Waals surface area contributed by atoms with Gasteiger partial charge >= 0.3 is 5.97 Å². The van der Waals surface area contributed by atoms with Gasteiger partial charge in [-0.1, -0.05) is 0 Å². The van der Waals surface area contributed by atoms with E-state index < -0.39 is 5.54 Å². The number of nitrogens with one attached hydrogen (secondary N) is 1. The first-order chi connectivity index (χ1) is 9.66. The number of hydrogen-bond donors (Lipinski definition) is 2. The smallest absolute Gasteiger partial charge is 0.337 e. The van der Waals surface area contributed by atoms with Crippen molar-refractivity contribution in [3.63, 3.8) is 0 Å². The number of anilines is 1. The Bertz CT molecular complexity index is 460. The zero-order valence-corrected chi connectivity index (χ0v) is 12.2. The standard InChI is InChI=1S/C14H19ClN2O3/c1-20-13(19)11-2-4-12(5-3-11)17-7-6-16-9-14(17,8-15)10-18/h2-5,16,18H,6-10H2,1H3. The lowest BCUT2D eigenvalue weighted by Crippen LogP contribution is -2.65. The van der Waals surface area contributed by atoms with Gasteiger partial charge in [0.2, 0.25) is 0 Å². The molecule has 1 saturated heterocycles. The van der Waals surface area contributed by atoms with Gasteiger partial charge in [0.1, 0.15) is 0 Å². The maximum absolute atomic E-state index is 11.4. The number of nitrogens with zero attached hydrogens (tertiary/aromatic N) is 1. The molecule has 1 fully saturated rings. The van der Waals surface area contributed by atoms with Crippen LogP contribution in [0.25, 0.3) is 0 Å². The van der Waals surface area contributed by atoms with Gasteiger partial charge in [-0.3, -0.25) is 0 Å². The molecule has 1 atom stereocenters. The van der Waals surface area contributed by atoms with E-state index in [1.54, 1.807) is 12.1 Å². The summed E-state index contributed by atoms with van der Waals surface area (Å²) in [5.74, 6) is -0.0301. The largest absolute Gasteiger partial charge is 0.465 e. The number of carbonyl (C=O) groups is 1. The van der Waals surface area contributed by atoms with Crippen LogP contribution >= 0.6 is 11.6 Å². The molecule has 0 saturated carbocycles. The van der Waals surface area contributed by atoms with Crippen LogP contribution in [0.4, 0.5) is 5.69 Å². The van der Waals surface area contributed by atoms with E-state index in [0.717, 1.165) is 18.8 Å². The number of aliphatic hydroxyl groups excluding tert-OH is 1. The molecular formula is C14H19ClN2O3. The summed E-state index contributed by atoms with van der Waals surface area (Å²) in [6, 6.07) is 7.15. The Hall–Kier alpha value is -1.30. The molecular weight excluding hydrogens is 280 g/mol. The Balaban J connectivity index is 2.26. The number of benzene rings is 1. The van der Waals surface area contributed by atoms with E-state index in [-0.39, 0.29) is 12.6 Å². The SMILES string of the molecule is COC(=O)c1ccc(N2CCNCC2(CO)CCl)cc1. The van der Waals surface area contributed by atoms with E-state index in [1.807, 2.05) is 12.1 Å². The van der Waals surface area contributed by atoms with E-state index in [2.05, 4.69) is 15.0 Å². The maximum Gasteiger partial charge on any atom is 0.337 e. The summed E-state index contributed by atoms with van der Waals surface area (Å²) in [5.41, 5.74) is 0.938. The molecule has 1 aromatic carbocycles. The van der Waals surface area contributed by atoms with Crippen molar-refractivity contribution in [3.8, 4) is 0 Å². The number of methoxy groups -OCH3 is 1. The average molecular weight is 299 g/mol. The van der Waals surface area contributed by atoms with Gasteiger partial charge in [0.25, 0.3) is 0 Å².